The summed E-state index contributed by atoms with van der Waals surface area (Å²) >= 11 is 13.1. The van der Waals surface area contributed by atoms with Crippen molar-refractivity contribution in [2.24, 2.45) is 0 Å². The van der Waals surface area contributed by atoms with Crippen molar-refractivity contribution >= 4 is 40.4 Å². The van der Waals surface area contributed by atoms with Gasteiger partial charge in [0.25, 0.3) is 0 Å². The maximum atomic E-state index is 13.5. The fraction of sp³-hybridized carbons (Fsp3) is 0.188. The molecule has 0 amide bonds. The van der Waals surface area contributed by atoms with Gasteiger partial charge in [0.2, 0.25) is 0 Å². The van der Waals surface area contributed by atoms with Crippen LogP contribution in [0.15, 0.2) is 30.3 Å². The fourth-order valence-corrected chi connectivity index (χ4v) is 4.14. The van der Waals surface area contributed by atoms with Crippen molar-refractivity contribution in [3.8, 4) is 16.3 Å². The average molecular weight is 404 g/mol. The van der Waals surface area contributed by atoms with Gasteiger partial charge in [-0.25, -0.2) is 4.68 Å². The second-order valence-electron chi connectivity index (χ2n) is 5.53. The van der Waals surface area contributed by atoms with Crippen LogP contribution in [0.2, 0.25) is 9.36 Å². The minimum absolute atomic E-state index is 0.0260. The van der Waals surface area contributed by atoms with Gasteiger partial charge in [0.1, 0.15) is 11.5 Å². The first-order valence-corrected chi connectivity index (χ1v) is 8.90. The third-order valence-corrected chi connectivity index (χ3v) is 5.42. The zero-order valence-corrected chi connectivity index (χ0v) is 14.8. The third kappa shape index (κ3) is 2.90. The molecular formula is C16H10Cl2F3N3S. The summed E-state index contributed by atoms with van der Waals surface area (Å²) in [6.45, 7) is 0.647. The number of hydrogen-bond donors (Lipinski definition) is 1. The standard InChI is InChI=1S/C16H10Cl2F3N3S/c17-8-1-2-11(10(7-8)16(19,20)21)24-15-9(5-6-22-15)14(23-24)12-3-4-13(18)25-12/h1-4,7,22H,5-6H2. The summed E-state index contributed by atoms with van der Waals surface area (Å²) in [5.74, 6) is 0.576. The van der Waals surface area contributed by atoms with E-state index in [1.54, 1.807) is 6.07 Å². The minimum Gasteiger partial charge on any atom is -0.369 e. The maximum Gasteiger partial charge on any atom is 0.418 e. The molecule has 9 heteroatoms. The van der Waals surface area contributed by atoms with Gasteiger partial charge in [-0.1, -0.05) is 23.2 Å². The Morgan fingerprint density at radius 1 is 1.16 bits per heavy atom. The van der Waals surface area contributed by atoms with E-state index in [4.69, 9.17) is 23.2 Å². The van der Waals surface area contributed by atoms with Gasteiger partial charge in [0.15, 0.2) is 0 Å². The zero-order valence-electron chi connectivity index (χ0n) is 12.5. The molecule has 1 aromatic carbocycles. The summed E-state index contributed by atoms with van der Waals surface area (Å²) in [4.78, 5) is 0.825. The van der Waals surface area contributed by atoms with Gasteiger partial charge < -0.3 is 5.32 Å². The molecule has 0 bridgehead atoms. The number of fused-ring (bicyclic) bond motifs is 1. The highest BCUT2D eigenvalue weighted by molar-refractivity contribution is 7.19. The normalized spacial score (nSPS) is 13.8. The molecule has 130 valence electrons. The van der Waals surface area contributed by atoms with Crippen molar-refractivity contribution < 1.29 is 13.2 Å². The van der Waals surface area contributed by atoms with E-state index >= 15 is 0 Å². The SMILES string of the molecule is FC(F)(F)c1cc(Cl)ccc1-n1nc(-c2ccc(Cl)s2)c2c1NCC2. The molecule has 0 saturated heterocycles. The lowest BCUT2D eigenvalue weighted by atomic mass is 10.1. The van der Waals surface area contributed by atoms with Crippen LogP contribution in [0.3, 0.4) is 0 Å². The first-order chi connectivity index (χ1) is 11.8. The molecule has 1 aliphatic rings. The van der Waals surface area contributed by atoms with Crippen LogP contribution in [0, 0.1) is 0 Å². The van der Waals surface area contributed by atoms with Crippen LogP contribution < -0.4 is 5.32 Å². The van der Waals surface area contributed by atoms with E-state index in [2.05, 4.69) is 10.4 Å². The van der Waals surface area contributed by atoms with Crippen LogP contribution >= 0.6 is 34.5 Å². The largest absolute Gasteiger partial charge is 0.418 e. The van der Waals surface area contributed by atoms with E-state index < -0.39 is 11.7 Å². The number of benzene rings is 1. The molecule has 25 heavy (non-hydrogen) atoms. The van der Waals surface area contributed by atoms with E-state index in [1.807, 2.05) is 6.07 Å². The lowest BCUT2D eigenvalue weighted by molar-refractivity contribution is -0.137. The van der Waals surface area contributed by atoms with E-state index in [9.17, 15) is 13.2 Å². The molecule has 0 saturated carbocycles. The molecule has 0 unspecified atom stereocenters. The van der Waals surface area contributed by atoms with Crippen molar-refractivity contribution in [3.63, 3.8) is 0 Å². The molecule has 0 fully saturated rings. The van der Waals surface area contributed by atoms with Crippen LogP contribution in [0.4, 0.5) is 19.0 Å². The highest BCUT2D eigenvalue weighted by Gasteiger charge is 2.36. The number of thiophene rings is 1. The van der Waals surface area contributed by atoms with Crippen molar-refractivity contribution in [1.82, 2.24) is 9.78 Å². The third-order valence-electron chi connectivity index (χ3n) is 3.95. The number of nitrogens with one attached hydrogen (secondary N) is 1. The van der Waals surface area contributed by atoms with Crippen molar-refractivity contribution in [2.75, 3.05) is 11.9 Å². The van der Waals surface area contributed by atoms with E-state index in [0.29, 0.717) is 28.8 Å². The van der Waals surface area contributed by atoms with Crippen LogP contribution in [-0.4, -0.2) is 16.3 Å². The highest BCUT2D eigenvalue weighted by atomic mass is 35.5. The lowest BCUT2D eigenvalue weighted by Gasteiger charge is -2.15. The quantitative estimate of drug-likeness (QED) is 0.577. The summed E-state index contributed by atoms with van der Waals surface area (Å²) in [5, 5.41) is 7.61. The second-order valence-corrected chi connectivity index (χ2v) is 7.68. The van der Waals surface area contributed by atoms with Crippen molar-refractivity contribution in [3.05, 3.63) is 50.8 Å². The zero-order chi connectivity index (χ0) is 17.8. The summed E-state index contributed by atoms with van der Waals surface area (Å²) in [7, 11) is 0. The molecule has 3 nitrogen and oxygen atoms in total. The molecule has 3 heterocycles. The molecule has 1 N–H and O–H groups in total. The van der Waals surface area contributed by atoms with Gasteiger partial charge in [0.05, 0.1) is 20.5 Å². The summed E-state index contributed by atoms with van der Waals surface area (Å²) in [6.07, 6.45) is -3.85. The number of nitrogens with zero attached hydrogens (tertiary/aromatic N) is 2. The van der Waals surface area contributed by atoms with Crippen LogP contribution in [0.5, 0.6) is 0 Å². The second kappa shape index (κ2) is 5.93. The first-order valence-electron chi connectivity index (χ1n) is 7.33. The molecule has 3 aromatic rings. The van der Waals surface area contributed by atoms with Crippen molar-refractivity contribution in [1.29, 1.82) is 0 Å². The molecular weight excluding hydrogens is 394 g/mol. The predicted octanol–water partition coefficient (Wildman–Crippen LogP) is 5.89. The van der Waals surface area contributed by atoms with E-state index in [-0.39, 0.29) is 10.7 Å². The molecule has 0 atom stereocenters. The summed E-state index contributed by atoms with van der Waals surface area (Å²) < 4.78 is 42.3. The van der Waals surface area contributed by atoms with Gasteiger partial charge in [-0.05, 0) is 36.8 Å². The van der Waals surface area contributed by atoms with E-state index in [1.165, 1.54) is 28.2 Å². The predicted molar refractivity (Wildman–Crippen MR) is 94.1 cm³/mol. The Balaban J connectivity index is 1.94. The van der Waals surface area contributed by atoms with Crippen LogP contribution in [0.25, 0.3) is 16.3 Å². The Morgan fingerprint density at radius 3 is 2.64 bits per heavy atom. The Labute approximate surface area is 155 Å². The number of halogens is 5. The minimum atomic E-state index is -4.54. The van der Waals surface area contributed by atoms with Gasteiger partial charge in [-0.3, -0.25) is 0 Å². The lowest BCUT2D eigenvalue weighted by Crippen LogP contribution is -2.13. The Kier molecular flexibility index (Phi) is 3.97. The Hall–Kier alpha value is -1.70. The average Bonchev–Trinajstić information content (AvgIpc) is 3.22. The maximum absolute atomic E-state index is 13.5. The molecule has 1 aliphatic heterocycles. The van der Waals surface area contributed by atoms with Crippen LogP contribution in [0.1, 0.15) is 11.1 Å². The fourth-order valence-electron chi connectivity index (χ4n) is 2.91. The van der Waals surface area contributed by atoms with Gasteiger partial charge in [0, 0.05) is 17.1 Å². The smallest absolute Gasteiger partial charge is 0.369 e. The van der Waals surface area contributed by atoms with E-state index in [0.717, 1.165) is 16.5 Å². The summed E-state index contributed by atoms with van der Waals surface area (Å²) in [5.41, 5.74) is 0.660. The summed E-state index contributed by atoms with van der Waals surface area (Å²) in [6, 6.07) is 7.26. The molecule has 0 aliphatic carbocycles. The number of rotatable bonds is 2. The van der Waals surface area contributed by atoms with Gasteiger partial charge in [-0.15, -0.1) is 11.3 Å². The Morgan fingerprint density at radius 2 is 1.96 bits per heavy atom. The number of alkyl halides is 3. The molecule has 4 rings (SSSR count). The topological polar surface area (TPSA) is 29.9 Å². The molecule has 0 radical (unpaired) electrons. The van der Waals surface area contributed by atoms with Gasteiger partial charge >= 0.3 is 6.18 Å². The number of anilines is 1. The number of aromatic nitrogens is 2. The van der Waals surface area contributed by atoms with Crippen molar-refractivity contribution in [2.45, 2.75) is 12.6 Å². The monoisotopic (exact) mass is 403 g/mol. The first kappa shape index (κ1) is 16.8. The number of hydrogen-bond acceptors (Lipinski definition) is 3. The molecule has 0 spiro atoms. The highest BCUT2D eigenvalue weighted by Crippen LogP contribution is 2.41. The van der Waals surface area contributed by atoms with Crippen LogP contribution in [-0.2, 0) is 12.6 Å². The van der Waals surface area contributed by atoms with Gasteiger partial charge in [-0.2, -0.15) is 18.3 Å². The Bertz CT molecular complexity index is 962. The molecule has 2 aromatic heterocycles.